The Bertz CT molecular complexity index is 352. The van der Waals surface area contributed by atoms with Crippen LogP contribution in [0.1, 0.15) is 46.5 Å². The van der Waals surface area contributed by atoms with Crippen molar-refractivity contribution in [3.05, 3.63) is 0 Å². The minimum absolute atomic E-state index is 0.0356. The molecule has 1 fully saturated rings. The molecular weight excluding hydrogens is 272 g/mol. The molecule has 0 radical (unpaired) electrons. The summed E-state index contributed by atoms with van der Waals surface area (Å²) in [5.74, 6) is -0.452. The van der Waals surface area contributed by atoms with Gasteiger partial charge < -0.3 is 20.5 Å². The van der Waals surface area contributed by atoms with Crippen LogP contribution in [0.3, 0.4) is 0 Å². The lowest BCUT2D eigenvalue weighted by Gasteiger charge is -2.24. The van der Waals surface area contributed by atoms with Crippen LogP contribution in [0.25, 0.3) is 0 Å². The van der Waals surface area contributed by atoms with E-state index in [2.05, 4.69) is 10.6 Å². The van der Waals surface area contributed by atoms with Gasteiger partial charge in [-0.05, 0) is 38.0 Å². The molecule has 0 bridgehead atoms. The number of carboxylic acid groups (broad SMARTS) is 1. The molecule has 0 aromatic carbocycles. The van der Waals surface area contributed by atoms with Crippen LogP contribution < -0.4 is 10.6 Å². The fourth-order valence-corrected chi connectivity index (χ4v) is 2.70. The smallest absolute Gasteiger partial charge is 0.314 e. The normalized spacial score (nSPS) is 23.0. The van der Waals surface area contributed by atoms with Gasteiger partial charge in [0.2, 0.25) is 0 Å². The zero-order valence-electron chi connectivity index (χ0n) is 13.3. The molecule has 1 aliphatic rings. The molecule has 6 heteroatoms. The molecule has 0 aromatic rings. The summed E-state index contributed by atoms with van der Waals surface area (Å²) < 4.78 is 5.60. The number of carboxylic acids is 1. The number of aliphatic carboxylic acids is 1. The highest BCUT2D eigenvalue weighted by atomic mass is 16.5. The van der Waals surface area contributed by atoms with Crippen molar-refractivity contribution >= 4 is 12.0 Å². The van der Waals surface area contributed by atoms with Gasteiger partial charge in [-0.2, -0.15) is 0 Å². The minimum atomic E-state index is -0.824. The quantitative estimate of drug-likeness (QED) is 0.639. The highest BCUT2D eigenvalue weighted by molar-refractivity contribution is 5.74. The number of hydrogen-bond donors (Lipinski definition) is 3. The maximum atomic E-state index is 11.8. The molecular formula is C15H28N2O4. The summed E-state index contributed by atoms with van der Waals surface area (Å²) in [5, 5.41) is 14.5. The van der Waals surface area contributed by atoms with E-state index in [4.69, 9.17) is 9.84 Å². The summed E-state index contributed by atoms with van der Waals surface area (Å²) in [7, 11) is 0. The summed E-state index contributed by atoms with van der Waals surface area (Å²) in [6, 6.07) is -0.258. The summed E-state index contributed by atoms with van der Waals surface area (Å²) in [6.07, 6.45) is 2.84. The fourth-order valence-electron chi connectivity index (χ4n) is 2.70. The largest absolute Gasteiger partial charge is 0.481 e. The highest BCUT2D eigenvalue weighted by Crippen LogP contribution is 2.23. The van der Waals surface area contributed by atoms with E-state index >= 15 is 0 Å². The Morgan fingerprint density at radius 3 is 2.57 bits per heavy atom. The van der Waals surface area contributed by atoms with E-state index in [1.165, 1.54) is 0 Å². The Morgan fingerprint density at radius 2 is 2.05 bits per heavy atom. The number of nitrogens with one attached hydrogen (secondary N) is 2. The van der Waals surface area contributed by atoms with Gasteiger partial charge in [-0.3, -0.25) is 4.79 Å². The van der Waals surface area contributed by atoms with Crippen molar-refractivity contribution in [1.82, 2.24) is 10.6 Å². The fraction of sp³-hybridized carbons (Fsp3) is 0.867. The van der Waals surface area contributed by atoms with E-state index in [1.54, 1.807) is 0 Å². The first-order valence-corrected chi connectivity index (χ1v) is 7.68. The molecule has 0 saturated carbocycles. The lowest BCUT2D eigenvalue weighted by atomic mass is 9.94. The van der Waals surface area contributed by atoms with Gasteiger partial charge in [-0.15, -0.1) is 0 Å². The second kappa shape index (κ2) is 8.22. The third-order valence-corrected chi connectivity index (χ3v) is 3.74. The number of carbonyl (C=O) groups is 2. The monoisotopic (exact) mass is 300 g/mol. The van der Waals surface area contributed by atoms with Crippen LogP contribution in [-0.4, -0.2) is 42.4 Å². The Labute approximate surface area is 126 Å². The van der Waals surface area contributed by atoms with Crippen LogP contribution in [0.2, 0.25) is 0 Å². The van der Waals surface area contributed by atoms with Gasteiger partial charge in [0.15, 0.2) is 0 Å². The van der Waals surface area contributed by atoms with Crippen LogP contribution in [-0.2, 0) is 9.53 Å². The lowest BCUT2D eigenvalue weighted by molar-refractivity contribution is -0.138. The molecule has 1 rings (SSSR count). The molecule has 1 unspecified atom stereocenters. The molecule has 1 aliphatic heterocycles. The van der Waals surface area contributed by atoms with Gasteiger partial charge in [0.05, 0.1) is 5.60 Å². The van der Waals surface area contributed by atoms with Crippen molar-refractivity contribution in [2.24, 2.45) is 11.8 Å². The average Bonchev–Trinajstić information content (AvgIpc) is 2.80. The van der Waals surface area contributed by atoms with Crippen molar-refractivity contribution in [2.75, 3.05) is 19.7 Å². The lowest BCUT2D eigenvalue weighted by Crippen LogP contribution is -2.45. The SMILES string of the molecule is CC(C)C[C@H](CNC(=O)NCC1(C)CCCO1)CC(=O)O. The second-order valence-corrected chi connectivity index (χ2v) is 6.56. The van der Waals surface area contributed by atoms with Crippen molar-refractivity contribution in [2.45, 2.75) is 52.1 Å². The van der Waals surface area contributed by atoms with E-state index in [0.29, 0.717) is 19.0 Å². The topological polar surface area (TPSA) is 87.7 Å². The molecule has 1 heterocycles. The number of carbonyl (C=O) groups excluding carboxylic acids is 1. The van der Waals surface area contributed by atoms with Crippen LogP contribution >= 0.6 is 0 Å². The van der Waals surface area contributed by atoms with Crippen LogP contribution in [0, 0.1) is 11.8 Å². The Kier molecular flexibility index (Phi) is 6.95. The van der Waals surface area contributed by atoms with Crippen LogP contribution in [0.15, 0.2) is 0 Å². The molecule has 6 nitrogen and oxygen atoms in total. The first kappa shape index (κ1) is 17.8. The van der Waals surface area contributed by atoms with Crippen LogP contribution in [0.4, 0.5) is 4.79 Å². The van der Waals surface area contributed by atoms with E-state index in [1.807, 2.05) is 20.8 Å². The van der Waals surface area contributed by atoms with Gasteiger partial charge in [-0.1, -0.05) is 13.8 Å². The van der Waals surface area contributed by atoms with Crippen molar-refractivity contribution in [3.8, 4) is 0 Å². The van der Waals surface area contributed by atoms with Crippen molar-refractivity contribution in [1.29, 1.82) is 0 Å². The number of ether oxygens (including phenoxy) is 1. The average molecular weight is 300 g/mol. The Morgan fingerprint density at radius 1 is 1.33 bits per heavy atom. The van der Waals surface area contributed by atoms with E-state index in [0.717, 1.165) is 25.9 Å². The zero-order chi connectivity index (χ0) is 15.9. The predicted molar refractivity (Wildman–Crippen MR) is 80.2 cm³/mol. The van der Waals surface area contributed by atoms with Gasteiger partial charge in [0, 0.05) is 26.1 Å². The Balaban J connectivity index is 2.29. The first-order chi connectivity index (χ1) is 9.81. The summed E-state index contributed by atoms with van der Waals surface area (Å²) in [5.41, 5.74) is -0.268. The zero-order valence-corrected chi connectivity index (χ0v) is 13.3. The second-order valence-electron chi connectivity index (χ2n) is 6.56. The maximum absolute atomic E-state index is 11.8. The molecule has 0 aliphatic carbocycles. The number of amides is 2. The summed E-state index contributed by atoms with van der Waals surface area (Å²) >= 11 is 0. The molecule has 2 atom stereocenters. The van der Waals surface area contributed by atoms with Gasteiger partial charge >= 0.3 is 12.0 Å². The molecule has 2 amide bonds. The molecule has 21 heavy (non-hydrogen) atoms. The van der Waals surface area contributed by atoms with Gasteiger partial charge in [0.1, 0.15) is 0 Å². The van der Waals surface area contributed by atoms with E-state index in [9.17, 15) is 9.59 Å². The minimum Gasteiger partial charge on any atom is -0.481 e. The standard InChI is InChI=1S/C15H28N2O4/c1-11(2)7-12(8-13(18)19)9-16-14(20)17-10-15(3)5-4-6-21-15/h11-12H,4-10H2,1-3H3,(H,18,19)(H2,16,17,20)/t12-,15?/m0/s1. The first-order valence-electron chi connectivity index (χ1n) is 7.68. The maximum Gasteiger partial charge on any atom is 0.314 e. The highest BCUT2D eigenvalue weighted by Gasteiger charge is 2.30. The molecule has 122 valence electrons. The predicted octanol–water partition coefficient (Wildman–Crippen LogP) is 1.99. The molecule has 1 saturated heterocycles. The van der Waals surface area contributed by atoms with Gasteiger partial charge in [-0.25, -0.2) is 4.79 Å². The third kappa shape index (κ3) is 7.32. The van der Waals surface area contributed by atoms with Crippen molar-refractivity contribution < 1.29 is 19.4 Å². The number of hydrogen-bond acceptors (Lipinski definition) is 3. The van der Waals surface area contributed by atoms with Gasteiger partial charge in [0.25, 0.3) is 0 Å². The van der Waals surface area contributed by atoms with Crippen LogP contribution in [0.5, 0.6) is 0 Å². The Hall–Kier alpha value is -1.30. The number of urea groups is 1. The third-order valence-electron chi connectivity index (χ3n) is 3.74. The number of rotatable bonds is 8. The molecule has 0 aromatic heterocycles. The summed E-state index contributed by atoms with van der Waals surface area (Å²) in [6.45, 7) is 7.70. The molecule has 3 N–H and O–H groups in total. The van der Waals surface area contributed by atoms with E-state index in [-0.39, 0.29) is 24.0 Å². The van der Waals surface area contributed by atoms with Crippen molar-refractivity contribution in [3.63, 3.8) is 0 Å². The van der Waals surface area contributed by atoms with E-state index < -0.39 is 5.97 Å². The molecule has 0 spiro atoms. The summed E-state index contributed by atoms with van der Waals surface area (Å²) in [4.78, 5) is 22.6.